The van der Waals surface area contributed by atoms with Crippen molar-refractivity contribution in [2.75, 3.05) is 0 Å². The number of carbonyl (C=O) groups is 2. The number of ether oxygens (including phenoxy) is 1. The molecule has 0 saturated heterocycles. The lowest BCUT2D eigenvalue weighted by molar-refractivity contribution is -0.178. The Morgan fingerprint density at radius 2 is 1.72 bits per heavy atom. The van der Waals surface area contributed by atoms with Crippen LogP contribution in [0.4, 0.5) is 0 Å². The summed E-state index contributed by atoms with van der Waals surface area (Å²) in [5.41, 5.74) is 2.77. The summed E-state index contributed by atoms with van der Waals surface area (Å²) in [5, 5.41) is 9.39. The fourth-order valence-corrected chi connectivity index (χ4v) is 2.38. The third kappa shape index (κ3) is 2.51. The summed E-state index contributed by atoms with van der Waals surface area (Å²) < 4.78 is 5.30. The van der Waals surface area contributed by atoms with Gasteiger partial charge in [-0.3, -0.25) is 4.79 Å². The van der Waals surface area contributed by atoms with Crippen molar-refractivity contribution < 1.29 is 19.4 Å². The summed E-state index contributed by atoms with van der Waals surface area (Å²) in [7, 11) is 0. The molecule has 1 saturated carbocycles. The molecule has 2 atom stereocenters. The van der Waals surface area contributed by atoms with Gasteiger partial charge in [0.2, 0.25) is 0 Å². The summed E-state index contributed by atoms with van der Waals surface area (Å²) in [4.78, 5) is 23.7. The number of carbonyl (C=O) groups excluding carboxylic acids is 1. The molecule has 5 nitrogen and oxygen atoms in total. The number of esters is 1. The second-order valence-electron chi connectivity index (χ2n) is 6.32. The molecule has 0 aliphatic heterocycles. The Morgan fingerprint density at radius 1 is 1.22 bits per heavy atom. The van der Waals surface area contributed by atoms with Gasteiger partial charge in [0.15, 0.2) is 0 Å². The number of hydrogen-bond acceptors (Lipinski definition) is 4. The van der Waals surface area contributed by atoms with Crippen molar-refractivity contribution in [3.8, 4) is 0 Å². The van der Waals surface area contributed by atoms with E-state index in [0.29, 0.717) is 12.8 Å². The Balaban J connectivity index is 3.07. The zero-order chi connectivity index (χ0) is 14.2. The fourth-order valence-electron chi connectivity index (χ4n) is 2.38. The van der Waals surface area contributed by atoms with Gasteiger partial charge in [-0.1, -0.05) is 12.8 Å². The Bertz CT molecular complexity index is 360. The van der Waals surface area contributed by atoms with Gasteiger partial charge < -0.3 is 15.6 Å². The Kier molecular flexibility index (Phi) is 3.77. The normalized spacial score (nSPS) is 32.9. The summed E-state index contributed by atoms with van der Waals surface area (Å²) in [6.45, 7) is 6.78. The molecule has 1 aliphatic rings. The van der Waals surface area contributed by atoms with Crippen LogP contribution in [-0.4, -0.2) is 28.2 Å². The Morgan fingerprint density at radius 3 is 2.17 bits per heavy atom. The fraction of sp³-hybridized carbons (Fsp3) is 0.846. The largest absolute Gasteiger partial charge is 0.481 e. The average molecular weight is 257 g/mol. The summed E-state index contributed by atoms with van der Waals surface area (Å²) in [6.07, 6.45) is 2.27. The first-order valence-corrected chi connectivity index (χ1v) is 6.29. The number of aliphatic carboxylic acids is 1. The maximum Gasteiger partial charge on any atom is 0.327 e. The molecule has 0 radical (unpaired) electrons. The van der Waals surface area contributed by atoms with Crippen LogP contribution in [0.1, 0.15) is 53.4 Å². The SMILES string of the molecule is CC(C)(C)OC(=O)C1(N)CCCCC1(C)C(=O)O. The molecule has 0 amide bonds. The molecule has 3 N–H and O–H groups in total. The molecule has 104 valence electrons. The van der Waals surface area contributed by atoms with E-state index in [1.807, 2.05) is 0 Å². The summed E-state index contributed by atoms with van der Waals surface area (Å²) in [6, 6.07) is 0. The molecule has 5 heteroatoms. The van der Waals surface area contributed by atoms with Crippen LogP contribution >= 0.6 is 0 Å². The minimum Gasteiger partial charge on any atom is -0.481 e. The van der Waals surface area contributed by atoms with E-state index in [1.165, 1.54) is 0 Å². The molecule has 2 unspecified atom stereocenters. The molecule has 0 bridgehead atoms. The van der Waals surface area contributed by atoms with Crippen LogP contribution in [0, 0.1) is 5.41 Å². The van der Waals surface area contributed by atoms with Crippen LogP contribution in [0.25, 0.3) is 0 Å². The van der Waals surface area contributed by atoms with Crippen LogP contribution in [0.15, 0.2) is 0 Å². The standard InChI is InChI=1S/C13H23NO4/c1-11(2,3)18-10(17)13(14)8-6-5-7-12(13,4)9(15)16/h5-8,14H2,1-4H3,(H,15,16). The van der Waals surface area contributed by atoms with Crippen molar-refractivity contribution in [3.63, 3.8) is 0 Å². The number of hydrogen-bond donors (Lipinski definition) is 2. The van der Waals surface area contributed by atoms with Crippen molar-refractivity contribution >= 4 is 11.9 Å². The molecule has 1 aliphatic carbocycles. The minimum atomic E-state index is -1.44. The molecular weight excluding hydrogens is 234 g/mol. The molecule has 0 aromatic heterocycles. The van der Waals surface area contributed by atoms with Gasteiger partial charge in [-0.05, 0) is 40.5 Å². The predicted molar refractivity (Wildman–Crippen MR) is 67.0 cm³/mol. The zero-order valence-electron chi connectivity index (χ0n) is 11.6. The molecule has 18 heavy (non-hydrogen) atoms. The Hall–Kier alpha value is -1.10. The van der Waals surface area contributed by atoms with Gasteiger partial charge >= 0.3 is 11.9 Å². The topological polar surface area (TPSA) is 89.6 Å². The molecule has 0 heterocycles. The van der Waals surface area contributed by atoms with E-state index in [9.17, 15) is 14.7 Å². The monoisotopic (exact) mass is 257 g/mol. The van der Waals surface area contributed by atoms with Crippen LogP contribution in [0.3, 0.4) is 0 Å². The number of carboxylic acids is 1. The van der Waals surface area contributed by atoms with Gasteiger partial charge in [-0.15, -0.1) is 0 Å². The lowest BCUT2D eigenvalue weighted by Crippen LogP contribution is -2.65. The van der Waals surface area contributed by atoms with E-state index in [4.69, 9.17) is 10.5 Å². The summed E-state index contributed by atoms with van der Waals surface area (Å²) in [5.74, 6) is -1.64. The molecule has 1 fully saturated rings. The highest BCUT2D eigenvalue weighted by molar-refractivity contribution is 5.91. The molecule has 0 spiro atoms. The van der Waals surface area contributed by atoms with Crippen molar-refractivity contribution in [2.24, 2.45) is 11.1 Å². The predicted octanol–water partition coefficient (Wildman–Crippen LogP) is 1.69. The average Bonchev–Trinajstić information content (AvgIpc) is 2.19. The van der Waals surface area contributed by atoms with Gasteiger partial charge in [0.1, 0.15) is 11.1 Å². The van der Waals surface area contributed by atoms with E-state index in [2.05, 4.69) is 0 Å². The number of nitrogens with two attached hydrogens (primary N) is 1. The first-order chi connectivity index (χ1) is 8.03. The van der Waals surface area contributed by atoms with E-state index in [0.717, 1.165) is 12.8 Å². The van der Waals surface area contributed by atoms with E-state index in [-0.39, 0.29) is 0 Å². The van der Waals surface area contributed by atoms with E-state index < -0.39 is 28.5 Å². The summed E-state index contributed by atoms with van der Waals surface area (Å²) >= 11 is 0. The van der Waals surface area contributed by atoms with Crippen LogP contribution < -0.4 is 5.73 Å². The third-order valence-electron chi connectivity index (χ3n) is 3.72. The number of carboxylic acid groups (broad SMARTS) is 1. The Labute approximate surface area is 108 Å². The van der Waals surface area contributed by atoms with Gasteiger partial charge in [0.25, 0.3) is 0 Å². The first kappa shape index (κ1) is 15.0. The molecular formula is C13H23NO4. The molecule has 0 aromatic carbocycles. The van der Waals surface area contributed by atoms with Crippen molar-refractivity contribution in [2.45, 2.75) is 64.5 Å². The van der Waals surface area contributed by atoms with Gasteiger partial charge in [0.05, 0.1) is 5.41 Å². The zero-order valence-corrected chi connectivity index (χ0v) is 11.6. The first-order valence-electron chi connectivity index (χ1n) is 6.29. The highest BCUT2D eigenvalue weighted by Crippen LogP contribution is 2.44. The van der Waals surface area contributed by atoms with Crippen LogP contribution in [0.5, 0.6) is 0 Å². The van der Waals surface area contributed by atoms with E-state index in [1.54, 1.807) is 27.7 Å². The second-order valence-corrected chi connectivity index (χ2v) is 6.32. The molecule has 1 rings (SSSR count). The maximum atomic E-state index is 12.2. The smallest absolute Gasteiger partial charge is 0.327 e. The van der Waals surface area contributed by atoms with Crippen molar-refractivity contribution in [1.29, 1.82) is 0 Å². The third-order valence-corrected chi connectivity index (χ3v) is 3.72. The lowest BCUT2D eigenvalue weighted by Gasteiger charge is -2.45. The minimum absolute atomic E-state index is 0.352. The number of rotatable bonds is 2. The van der Waals surface area contributed by atoms with Gasteiger partial charge in [0, 0.05) is 0 Å². The highest BCUT2D eigenvalue weighted by Gasteiger charge is 2.58. The highest BCUT2D eigenvalue weighted by atomic mass is 16.6. The van der Waals surface area contributed by atoms with Crippen LogP contribution in [0.2, 0.25) is 0 Å². The lowest BCUT2D eigenvalue weighted by atomic mass is 9.62. The van der Waals surface area contributed by atoms with Gasteiger partial charge in [-0.25, -0.2) is 4.79 Å². The van der Waals surface area contributed by atoms with Crippen molar-refractivity contribution in [1.82, 2.24) is 0 Å². The van der Waals surface area contributed by atoms with Crippen LogP contribution in [-0.2, 0) is 14.3 Å². The van der Waals surface area contributed by atoms with Crippen molar-refractivity contribution in [3.05, 3.63) is 0 Å². The van der Waals surface area contributed by atoms with Gasteiger partial charge in [-0.2, -0.15) is 0 Å². The maximum absolute atomic E-state index is 12.2. The second kappa shape index (κ2) is 4.53. The quantitative estimate of drug-likeness (QED) is 0.735. The van der Waals surface area contributed by atoms with E-state index >= 15 is 0 Å². The molecule has 0 aromatic rings.